The molecule has 0 aliphatic rings. The summed E-state index contributed by atoms with van der Waals surface area (Å²) in [4.78, 5) is 18.4. The average Bonchev–Trinajstić information content (AvgIpc) is 2.36. The van der Waals surface area contributed by atoms with Gasteiger partial charge in [0, 0.05) is 28.8 Å². The maximum Gasteiger partial charge on any atom is 0.305 e. The molecule has 0 saturated carbocycles. The number of nitrogens with zero attached hydrogens (tertiary/aromatic N) is 3. The fourth-order valence-electron chi connectivity index (χ4n) is 1.72. The molecule has 5 nitrogen and oxygen atoms in total. The largest absolute Gasteiger partial charge is 0.305 e. The standard InChI is InChI=1S/C13H12FN3O2S/c1-8-6-9(2)16-13(15-8)20-7-10-4-3-5-11(12(10)14)17(18)19/h3-6H,7H2,1-2H3. The van der Waals surface area contributed by atoms with E-state index in [1.807, 2.05) is 19.9 Å². The topological polar surface area (TPSA) is 68.9 Å². The third-order valence-electron chi connectivity index (χ3n) is 2.57. The Hall–Kier alpha value is -2.02. The number of hydrogen-bond acceptors (Lipinski definition) is 5. The fourth-order valence-corrected chi connectivity index (χ4v) is 2.64. The molecule has 2 aromatic rings. The molecule has 104 valence electrons. The molecular formula is C13H12FN3O2S. The third kappa shape index (κ3) is 3.30. The number of hydrogen-bond donors (Lipinski definition) is 0. The van der Waals surface area contributed by atoms with Crippen molar-refractivity contribution in [1.82, 2.24) is 9.97 Å². The van der Waals surface area contributed by atoms with Gasteiger partial charge in [-0.25, -0.2) is 9.97 Å². The summed E-state index contributed by atoms with van der Waals surface area (Å²) in [5, 5.41) is 11.2. The van der Waals surface area contributed by atoms with Crippen LogP contribution in [-0.2, 0) is 5.75 Å². The molecule has 1 aromatic carbocycles. The van der Waals surface area contributed by atoms with Gasteiger partial charge < -0.3 is 0 Å². The average molecular weight is 293 g/mol. The highest BCUT2D eigenvalue weighted by molar-refractivity contribution is 7.98. The number of rotatable bonds is 4. The number of halogens is 1. The van der Waals surface area contributed by atoms with Crippen LogP contribution in [0.15, 0.2) is 29.4 Å². The van der Waals surface area contributed by atoms with E-state index < -0.39 is 16.4 Å². The molecule has 0 radical (unpaired) electrons. The van der Waals surface area contributed by atoms with Crippen molar-refractivity contribution in [3.63, 3.8) is 0 Å². The van der Waals surface area contributed by atoms with Crippen molar-refractivity contribution >= 4 is 17.4 Å². The van der Waals surface area contributed by atoms with Gasteiger partial charge in [0.05, 0.1) is 4.92 Å². The van der Waals surface area contributed by atoms with Crippen molar-refractivity contribution in [3.05, 3.63) is 57.1 Å². The summed E-state index contributed by atoms with van der Waals surface area (Å²) < 4.78 is 13.9. The normalized spacial score (nSPS) is 10.6. The van der Waals surface area contributed by atoms with Crippen LogP contribution in [0.25, 0.3) is 0 Å². The lowest BCUT2D eigenvalue weighted by molar-refractivity contribution is -0.387. The van der Waals surface area contributed by atoms with Crippen molar-refractivity contribution < 1.29 is 9.31 Å². The van der Waals surface area contributed by atoms with E-state index in [4.69, 9.17) is 0 Å². The molecule has 0 bridgehead atoms. The lowest BCUT2D eigenvalue weighted by Gasteiger charge is -2.04. The molecule has 2 rings (SSSR count). The molecule has 20 heavy (non-hydrogen) atoms. The van der Waals surface area contributed by atoms with E-state index in [9.17, 15) is 14.5 Å². The first-order valence-electron chi connectivity index (χ1n) is 5.84. The van der Waals surface area contributed by atoms with Gasteiger partial charge in [-0.15, -0.1) is 0 Å². The van der Waals surface area contributed by atoms with Gasteiger partial charge in [-0.05, 0) is 19.9 Å². The third-order valence-corrected chi connectivity index (χ3v) is 3.47. The Morgan fingerprint density at radius 2 is 1.95 bits per heavy atom. The molecule has 0 spiro atoms. The minimum Gasteiger partial charge on any atom is -0.258 e. The zero-order valence-electron chi connectivity index (χ0n) is 11.0. The van der Waals surface area contributed by atoms with E-state index in [0.29, 0.717) is 5.16 Å². The van der Waals surface area contributed by atoms with Gasteiger partial charge in [0.2, 0.25) is 5.82 Å². The van der Waals surface area contributed by atoms with Crippen LogP contribution in [0.4, 0.5) is 10.1 Å². The number of benzene rings is 1. The van der Waals surface area contributed by atoms with Crippen molar-refractivity contribution in [2.24, 2.45) is 0 Å². The summed E-state index contributed by atoms with van der Waals surface area (Å²) in [7, 11) is 0. The Bertz CT molecular complexity index is 644. The maximum atomic E-state index is 13.9. The summed E-state index contributed by atoms with van der Waals surface area (Å²) in [5.74, 6) is -0.550. The van der Waals surface area contributed by atoms with E-state index in [1.165, 1.54) is 23.9 Å². The molecule has 0 unspecified atom stereocenters. The highest BCUT2D eigenvalue weighted by atomic mass is 32.2. The fraction of sp³-hybridized carbons (Fsp3) is 0.231. The summed E-state index contributed by atoms with van der Waals surface area (Å²) in [6.07, 6.45) is 0. The van der Waals surface area contributed by atoms with Crippen molar-refractivity contribution in [1.29, 1.82) is 0 Å². The lowest BCUT2D eigenvalue weighted by atomic mass is 10.2. The predicted octanol–water partition coefficient (Wildman–Crippen LogP) is 3.43. The van der Waals surface area contributed by atoms with E-state index in [1.54, 1.807) is 0 Å². The van der Waals surface area contributed by atoms with Gasteiger partial charge >= 0.3 is 5.69 Å². The SMILES string of the molecule is Cc1cc(C)nc(SCc2cccc([N+](=O)[O-])c2F)n1. The number of aromatic nitrogens is 2. The van der Waals surface area contributed by atoms with Crippen LogP contribution in [0.2, 0.25) is 0 Å². The highest BCUT2D eigenvalue weighted by Crippen LogP contribution is 2.26. The second kappa shape index (κ2) is 5.96. The summed E-state index contributed by atoms with van der Waals surface area (Å²) >= 11 is 1.25. The molecule has 0 saturated heterocycles. The number of thioether (sulfide) groups is 1. The zero-order valence-corrected chi connectivity index (χ0v) is 11.8. The number of nitro benzene ring substituents is 1. The van der Waals surface area contributed by atoms with Crippen LogP contribution in [0.5, 0.6) is 0 Å². The van der Waals surface area contributed by atoms with Crippen LogP contribution in [0.1, 0.15) is 17.0 Å². The summed E-state index contributed by atoms with van der Waals surface area (Å²) in [6.45, 7) is 3.71. The van der Waals surface area contributed by atoms with Crippen LogP contribution >= 0.6 is 11.8 Å². The van der Waals surface area contributed by atoms with Gasteiger partial charge in [-0.1, -0.05) is 23.9 Å². The minimum absolute atomic E-state index is 0.246. The second-order valence-electron chi connectivity index (χ2n) is 4.23. The first kappa shape index (κ1) is 14.4. The molecule has 0 atom stereocenters. The van der Waals surface area contributed by atoms with Crippen LogP contribution < -0.4 is 0 Å². The number of nitro groups is 1. The lowest BCUT2D eigenvalue weighted by Crippen LogP contribution is -1.97. The Morgan fingerprint density at radius 3 is 2.55 bits per heavy atom. The van der Waals surface area contributed by atoms with Crippen LogP contribution in [0, 0.1) is 29.8 Å². The molecule has 0 aliphatic heterocycles. The minimum atomic E-state index is -0.797. The molecule has 0 aliphatic carbocycles. The van der Waals surface area contributed by atoms with Gasteiger partial charge in [-0.3, -0.25) is 10.1 Å². The first-order chi connectivity index (χ1) is 9.47. The molecule has 1 heterocycles. The molecular weight excluding hydrogens is 281 g/mol. The molecule has 0 N–H and O–H groups in total. The molecule has 7 heteroatoms. The van der Waals surface area contributed by atoms with E-state index >= 15 is 0 Å². The maximum absolute atomic E-state index is 13.9. The van der Waals surface area contributed by atoms with Crippen molar-refractivity contribution in [2.75, 3.05) is 0 Å². The number of aryl methyl sites for hydroxylation is 2. The van der Waals surface area contributed by atoms with Crippen LogP contribution in [0.3, 0.4) is 0 Å². The van der Waals surface area contributed by atoms with E-state index in [0.717, 1.165) is 17.5 Å². The zero-order chi connectivity index (χ0) is 14.7. The van der Waals surface area contributed by atoms with E-state index in [2.05, 4.69) is 9.97 Å². The van der Waals surface area contributed by atoms with E-state index in [-0.39, 0.29) is 11.3 Å². The highest BCUT2D eigenvalue weighted by Gasteiger charge is 2.17. The Balaban J connectivity index is 2.19. The summed E-state index contributed by atoms with van der Waals surface area (Å²) in [5.41, 5.74) is 1.43. The van der Waals surface area contributed by atoms with Crippen LogP contribution in [-0.4, -0.2) is 14.9 Å². The predicted molar refractivity (Wildman–Crippen MR) is 74.1 cm³/mol. The van der Waals surface area contributed by atoms with Gasteiger partial charge in [0.1, 0.15) is 0 Å². The molecule has 0 fully saturated rings. The van der Waals surface area contributed by atoms with Crippen molar-refractivity contribution in [3.8, 4) is 0 Å². The van der Waals surface area contributed by atoms with Gasteiger partial charge in [0.25, 0.3) is 0 Å². The van der Waals surface area contributed by atoms with Crippen molar-refractivity contribution in [2.45, 2.75) is 24.8 Å². The molecule has 0 amide bonds. The second-order valence-corrected chi connectivity index (χ2v) is 5.17. The smallest absolute Gasteiger partial charge is 0.258 e. The Labute approximate surface area is 119 Å². The Kier molecular flexibility index (Phi) is 4.29. The quantitative estimate of drug-likeness (QED) is 0.374. The monoisotopic (exact) mass is 293 g/mol. The van der Waals surface area contributed by atoms with Gasteiger partial charge in [0.15, 0.2) is 5.16 Å². The van der Waals surface area contributed by atoms with Gasteiger partial charge in [-0.2, -0.15) is 4.39 Å². The molecule has 1 aromatic heterocycles. The first-order valence-corrected chi connectivity index (χ1v) is 6.83. The summed E-state index contributed by atoms with van der Waals surface area (Å²) in [6, 6.07) is 5.99. The Morgan fingerprint density at radius 1 is 1.30 bits per heavy atom.